The van der Waals surface area contributed by atoms with Gasteiger partial charge in [-0.3, -0.25) is 9.35 Å². The number of nitrogens with one attached hydrogen (secondary N) is 1. The second-order valence-electron chi connectivity index (χ2n) is 19.5. The molecule has 1 aliphatic heterocycles. The smallest absolute Gasteiger partial charge is 0.394 e. The highest BCUT2D eigenvalue weighted by atomic mass is 32.3. The van der Waals surface area contributed by atoms with Gasteiger partial charge in [-0.2, -0.15) is 8.42 Å². The van der Waals surface area contributed by atoms with Crippen molar-refractivity contribution in [1.82, 2.24) is 5.32 Å². The molecule has 7 atom stereocenters. The molecule has 0 radical (unpaired) electrons. The standard InChI is InChI=1S/C53H103NO11S/c1-3-5-7-9-11-13-15-17-19-21-23-25-27-29-31-33-35-37-39-41-43-49(57)54-46(45-63-53-51(59)52(65-66(60,61)62)50(58)48(44-55)64-53)47(56)42-40-38-36-34-32-30-28-26-24-22-20-18-16-14-12-10-8-6-4-2/h23,25,46-48,50-53,55-56,58-59H,3-22,24,26-45H2,1-2H3,(H,54,57)(H,60,61,62)/b25-23-. The van der Waals surface area contributed by atoms with E-state index in [4.69, 9.17) is 9.47 Å². The number of rotatable bonds is 48. The fourth-order valence-corrected chi connectivity index (χ4v) is 9.55. The molecule has 0 bridgehead atoms. The maximum Gasteiger partial charge on any atom is 0.397 e. The Morgan fingerprint density at radius 3 is 1.36 bits per heavy atom. The quantitative estimate of drug-likeness (QED) is 0.0193. The number of aliphatic hydroxyl groups excluding tert-OH is 4. The zero-order valence-electron chi connectivity index (χ0n) is 42.3. The topological polar surface area (TPSA) is 192 Å². The molecular weight excluding hydrogens is 859 g/mol. The van der Waals surface area contributed by atoms with Crippen LogP contribution in [0.25, 0.3) is 0 Å². The van der Waals surface area contributed by atoms with Gasteiger partial charge < -0.3 is 35.2 Å². The number of unbranched alkanes of at least 4 members (excludes halogenated alkanes) is 34. The maximum atomic E-state index is 13.1. The summed E-state index contributed by atoms with van der Waals surface area (Å²) in [5, 5.41) is 45.1. The van der Waals surface area contributed by atoms with E-state index in [0.717, 1.165) is 51.4 Å². The first-order chi connectivity index (χ1) is 32.0. The molecule has 6 N–H and O–H groups in total. The molecule has 66 heavy (non-hydrogen) atoms. The second kappa shape index (κ2) is 43.8. The summed E-state index contributed by atoms with van der Waals surface area (Å²) < 4.78 is 47.9. The van der Waals surface area contributed by atoms with Gasteiger partial charge in [0.2, 0.25) is 5.91 Å². The molecule has 1 saturated heterocycles. The summed E-state index contributed by atoms with van der Waals surface area (Å²) in [6.45, 7) is 3.48. The molecule has 1 fully saturated rings. The van der Waals surface area contributed by atoms with Gasteiger partial charge in [0.25, 0.3) is 0 Å². The van der Waals surface area contributed by atoms with E-state index in [0.29, 0.717) is 12.8 Å². The molecule has 0 aromatic carbocycles. The van der Waals surface area contributed by atoms with Crippen molar-refractivity contribution in [2.24, 2.45) is 0 Å². The van der Waals surface area contributed by atoms with Crippen molar-refractivity contribution >= 4 is 16.3 Å². The number of hydrogen-bond acceptors (Lipinski definition) is 10. The predicted molar refractivity (Wildman–Crippen MR) is 269 cm³/mol. The summed E-state index contributed by atoms with van der Waals surface area (Å²) in [7, 11) is -5.08. The van der Waals surface area contributed by atoms with Crippen molar-refractivity contribution in [2.75, 3.05) is 13.2 Å². The van der Waals surface area contributed by atoms with Crippen molar-refractivity contribution in [1.29, 1.82) is 0 Å². The minimum Gasteiger partial charge on any atom is -0.394 e. The third-order valence-corrected chi connectivity index (χ3v) is 13.8. The Labute approximate surface area is 404 Å². The van der Waals surface area contributed by atoms with E-state index >= 15 is 0 Å². The first-order valence-electron chi connectivity index (χ1n) is 27.6. The van der Waals surface area contributed by atoms with Crippen LogP contribution in [0.5, 0.6) is 0 Å². The minimum atomic E-state index is -5.08. The number of aliphatic hydroxyl groups is 4. The van der Waals surface area contributed by atoms with E-state index in [-0.39, 0.29) is 18.9 Å². The molecular formula is C53H103NO11S. The lowest BCUT2D eigenvalue weighted by Crippen LogP contribution is -2.61. The van der Waals surface area contributed by atoms with Gasteiger partial charge in [0, 0.05) is 6.42 Å². The Bertz CT molecular complexity index is 1220. The van der Waals surface area contributed by atoms with Crippen molar-refractivity contribution < 1.29 is 51.8 Å². The summed E-state index contributed by atoms with van der Waals surface area (Å²) in [6, 6.07) is -0.858. The number of carbonyl (C=O) groups excluding carboxylic acids is 1. The van der Waals surface area contributed by atoms with Gasteiger partial charge in [-0.15, -0.1) is 0 Å². The minimum absolute atomic E-state index is 0.230. The average Bonchev–Trinajstić information content (AvgIpc) is 3.29. The molecule has 1 aliphatic rings. The number of carbonyl (C=O) groups is 1. The highest BCUT2D eigenvalue weighted by Gasteiger charge is 2.48. The molecule has 13 heteroatoms. The Hall–Kier alpha value is -1.16. The van der Waals surface area contributed by atoms with Crippen molar-refractivity contribution in [3.63, 3.8) is 0 Å². The van der Waals surface area contributed by atoms with Crippen LogP contribution in [0.1, 0.15) is 264 Å². The SMILES string of the molecule is CCCCCCCCCCC/C=C\CCCCCCCCCC(=O)NC(COC1OC(CO)C(O)C(OS(=O)(=O)O)C1O)C(O)CCCCCCCCCCCCCCCCCCCCC. The van der Waals surface area contributed by atoms with Crippen LogP contribution in [0, 0.1) is 0 Å². The Kier molecular flexibility index (Phi) is 41.7. The lowest BCUT2D eigenvalue weighted by atomic mass is 9.99. The Morgan fingerprint density at radius 2 is 0.970 bits per heavy atom. The Balaban J connectivity index is 2.39. The number of amides is 1. The van der Waals surface area contributed by atoms with Gasteiger partial charge in [0.15, 0.2) is 6.29 Å². The van der Waals surface area contributed by atoms with E-state index in [9.17, 15) is 38.2 Å². The van der Waals surface area contributed by atoms with Crippen molar-refractivity contribution in [3.8, 4) is 0 Å². The number of allylic oxidation sites excluding steroid dienone is 2. The molecule has 12 nitrogen and oxygen atoms in total. The highest BCUT2D eigenvalue weighted by Crippen LogP contribution is 2.26. The lowest BCUT2D eigenvalue weighted by Gasteiger charge is -2.41. The largest absolute Gasteiger partial charge is 0.397 e. The molecule has 1 heterocycles. The summed E-state index contributed by atoms with van der Waals surface area (Å²) in [5.41, 5.74) is 0. The lowest BCUT2D eigenvalue weighted by molar-refractivity contribution is -0.298. The van der Waals surface area contributed by atoms with Gasteiger partial charge in [-0.25, -0.2) is 4.18 Å². The van der Waals surface area contributed by atoms with Crippen LogP contribution in [0.15, 0.2) is 12.2 Å². The molecule has 392 valence electrons. The third kappa shape index (κ3) is 35.9. The molecule has 0 aromatic rings. The highest BCUT2D eigenvalue weighted by molar-refractivity contribution is 7.80. The molecule has 0 spiro atoms. The molecule has 0 aliphatic carbocycles. The molecule has 1 amide bonds. The maximum absolute atomic E-state index is 13.1. The molecule has 0 saturated carbocycles. The fourth-order valence-electron chi connectivity index (χ4n) is 9.04. The third-order valence-electron chi connectivity index (χ3n) is 13.3. The van der Waals surface area contributed by atoms with E-state index in [2.05, 4.69) is 35.5 Å². The monoisotopic (exact) mass is 962 g/mol. The average molecular weight is 962 g/mol. The van der Waals surface area contributed by atoms with Gasteiger partial charge >= 0.3 is 10.4 Å². The summed E-state index contributed by atoms with van der Waals surface area (Å²) in [5.74, 6) is -0.230. The van der Waals surface area contributed by atoms with E-state index < -0.39 is 59.9 Å². The molecule has 1 rings (SSSR count). The first-order valence-corrected chi connectivity index (χ1v) is 28.9. The van der Waals surface area contributed by atoms with Gasteiger partial charge in [-0.05, 0) is 38.5 Å². The van der Waals surface area contributed by atoms with Crippen molar-refractivity contribution in [3.05, 3.63) is 12.2 Å². The predicted octanol–water partition coefficient (Wildman–Crippen LogP) is 12.3. The zero-order chi connectivity index (χ0) is 48.4. The summed E-state index contributed by atoms with van der Waals surface area (Å²) in [6.07, 6.45) is 42.1. The van der Waals surface area contributed by atoms with E-state index in [1.54, 1.807) is 0 Å². The molecule has 7 unspecified atom stereocenters. The van der Waals surface area contributed by atoms with Crippen LogP contribution >= 0.6 is 0 Å². The second-order valence-corrected chi connectivity index (χ2v) is 20.6. The zero-order valence-corrected chi connectivity index (χ0v) is 43.1. The van der Waals surface area contributed by atoms with E-state index in [1.165, 1.54) is 180 Å². The Morgan fingerprint density at radius 1 is 0.591 bits per heavy atom. The van der Waals surface area contributed by atoms with Crippen molar-refractivity contribution in [2.45, 2.75) is 307 Å². The van der Waals surface area contributed by atoms with Crippen LogP contribution in [-0.4, -0.2) is 95.4 Å². The van der Waals surface area contributed by atoms with Crippen LogP contribution < -0.4 is 5.32 Å². The fraction of sp³-hybridized carbons (Fsp3) is 0.943. The number of ether oxygens (including phenoxy) is 2. The normalized spacial score (nSPS) is 20.0. The van der Waals surface area contributed by atoms with Crippen LogP contribution in [-0.2, 0) is 28.9 Å². The molecule has 0 aromatic heterocycles. The van der Waals surface area contributed by atoms with Crippen LogP contribution in [0.4, 0.5) is 0 Å². The van der Waals surface area contributed by atoms with Gasteiger partial charge in [-0.1, -0.05) is 231 Å². The van der Waals surface area contributed by atoms with Crippen LogP contribution in [0.2, 0.25) is 0 Å². The van der Waals surface area contributed by atoms with Gasteiger partial charge in [0.05, 0.1) is 25.4 Å². The van der Waals surface area contributed by atoms with Crippen LogP contribution in [0.3, 0.4) is 0 Å². The first kappa shape index (κ1) is 62.9. The van der Waals surface area contributed by atoms with Gasteiger partial charge in [0.1, 0.15) is 24.4 Å². The summed E-state index contributed by atoms with van der Waals surface area (Å²) >= 11 is 0. The number of hydrogen-bond donors (Lipinski definition) is 6. The summed E-state index contributed by atoms with van der Waals surface area (Å²) in [4.78, 5) is 13.1. The van der Waals surface area contributed by atoms with E-state index in [1.807, 2.05) is 0 Å².